The van der Waals surface area contributed by atoms with Crippen LogP contribution in [0, 0.1) is 6.92 Å². The highest BCUT2D eigenvalue weighted by molar-refractivity contribution is 5.91. The number of phenols is 1. The molecule has 35 heavy (non-hydrogen) atoms. The zero-order valence-corrected chi connectivity index (χ0v) is 18.9. The maximum atomic E-state index is 12.7. The number of carbonyl (C=O) groups excluding carboxylic acids is 1. The standard InChI is InChI=1S/C25H22F3N3O4/c1-15-10-16(6-7-20(15)24(33)34-2)22-13-30-23-21(29-9-8-25(26,27)28)12-19(14-31(22)23)35-18-5-3-4-17(32)11-18/h3-7,10-14,29,32H,8-9H2,1-2H3. The number of hydrogen-bond acceptors (Lipinski definition) is 6. The number of aromatic nitrogens is 2. The van der Waals surface area contributed by atoms with Crippen LogP contribution < -0.4 is 10.1 Å². The number of anilines is 1. The minimum absolute atomic E-state index is 0.0107. The van der Waals surface area contributed by atoms with Gasteiger partial charge in [0.2, 0.25) is 0 Å². The van der Waals surface area contributed by atoms with Crippen molar-refractivity contribution >= 4 is 17.3 Å². The lowest BCUT2D eigenvalue weighted by atomic mass is 10.0. The van der Waals surface area contributed by atoms with Gasteiger partial charge >= 0.3 is 12.1 Å². The van der Waals surface area contributed by atoms with E-state index in [2.05, 4.69) is 10.3 Å². The molecular weight excluding hydrogens is 463 g/mol. The number of halogens is 3. The van der Waals surface area contributed by atoms with Crippen molar-refractivity contribution in [1.82, 2.24) is 9.38 Å². The number of pyridine rings is 1. The molecule has 2 heterocycles. The van der Waals surface area contributed by atoms with E-state index in [-0.39, 0.29) is 12.3 Å². The normalized spacial score (nSPS) is 11.5. The average Bonchev–Trinajstić information content (AvgIpc) is 3.22. The number of methoxy groups -OCH3 is 1. The second-order valence-electron chi connectivity index (χ2n) is 7.84. The summed E-state index contributed by atoms with van der Waals surface area (Å²) in [5.74, 6) is 0.229. The van der Waals surface area contributed by atoms with Crippen LogP contribution in [-0.2, 0) is 4.74 Å². The van der Waals surface area contributed by atoms with E-state index in [9.17, 15) is 23.1 Å². The first kappa shape index (κ1) is 23.9. The van der Waals surface area contributed by atoms with E-state index in [0.29, 0.717) is 39.7 Å². The molecule has 0 fully saturated rings. The summed E-state index contributed by atoms with van der Waals surface area (Å²) in [4.78, 5) is 16.3. The Morgan fingerprint density at radius 3 is 2.63 bits per heavy atom. The van der Waals surface area contributed by atoms with Crippen LogP contribution in [0.3, 0.4) is 0 Å². The van der Waals surface area contributed by atoms with E-state index in [1.807, 2.05) is 0 Å². The van der Waals surface area contributed by atoms with E-state index in [1.54, 1.807) is 60.1 Å². The Labute approximate surface area is 198 Å². The number of nitrogens with zero attached hydrogens (tertiary/aromatic N) is 2. The summed E-state index contributed by atoms with van der Waals surface area (Å²) < 4.78 is 50.5. The SMILES string of the molecule is COC(=O)c1ccc(-c2cnc3c(NCCC(F)(F)F)cc(Oc4cccc(O)c4)cn23)cc1C. The molecule has 4 aromatic rings. The number of rotatable bonds is 7. The maximum absolute atomic E-state index is 12.7. The number of aryl methyl sites for hydroxylation is 1. The molecule has 0 saturated carbocycles. The first-order valence-electron chi connectivity index (χ1n) is 10.6. The predicted molar refractivity (Wildman–Crippen MR) is 124 cm³/mol. The van der Waals surface area contributed by atoms with Gasteiger partial charge in [-0.1, -0.05) is 12.1 Å². The Bertz CT molecular complexity index is 1380. The molecule has 2 N–H and O–H groups in total. The van der Waals surface area contributed by atoms with Gasteiger partial charge in [-0.15, -0.1) is 0 Å². The van der Waals surface area contributed by atoms with E-state index >= 15 is 0 Å². The second kappa shape index (κ2) is 9.57. The Kier molecular flexibility index (Phi) is 6.54. The molecule has 0 radical (unpaired) electrons. The molecule has 0 saturated heterocycles. The molecule has 0 spiro atoms. The van der Waals surface area contributed by atoms with Gasteiger partial charge in [0.25, 0.3) is 0 Å². The third kappa shape index (κ3) is 5.48. The lowest BCUT2D eigenvalue weighted by Crippen LogP contribution is -2.15. The van der Waals surface area contributed by atoms with Gasteiger partial charge in [-0.25, -0.2) is 9.78 Å². The summed E-state index contributed by atoms with van der Waals surface area (Å²) in [5.41, 5.74) is 3.24. The van der Waals surface area contributed by atoms with Crippen molar-refractivity contribution in [2.75, 3.05) is 19.0 Å². The summed E-state index contributed by atoms with van der Waals surface area (Å²) >= 11 is 0. The van der Waals surface area contributed by atoms with E-state index in [1.165, 1.54) is 19.2 Å². The van der Waals surface area contributed by atoms with Crippen LogP contribution in [0.4, 0.5) is 18.9 Å². The predicted octanol–water partition coefficient (Wildman–Crippen LogP) is 5.96. The molecule has 0 unspecified atom stereocenters. The van der Waals surface area contributed by atoms with Gasteiger partial charge in [0.15, 0.2) is 5.65 Å². The highest BCUT2D eigenvalue weighted by atomic mass is 19.4. The van der Waals surface area contributed by atoms with Crippen LogP contribution in [0.2, 0.25) is 0 Å². The van der Waals surface area contributed by atoms with Gasteiger partial charge in [0.1, 0.15) is 17.2 Å². The zero-order chi connectivity index (χ0) is 25.2. The second-order valence-corrected chi connectivity index (χ2v) is 7.84. The summed E-state index contributed by atoms with van der Waals surface area (Å²) in [6, 6.07) is 12.9. The van der Waals surface area contributed by atoms with Crippen LogP contribution >= 0.6 is 0 Å². The average molecular weight is 485 g/mol. The Morgan fingerprint density at radius 1 is 1.14 bits per heavy atom. The molecular formula is C25H22F3N3O4. The molecule has 0 atom stereocenters. The fourth-order valence-corrected chi connectivity index (χ4v) is 3.65. The molecule has 7 nitrogen and oxygen atoms in total. The fraction of sp³-hybridized carbons (Fsp3) is 0.200. The Hall–Kier alpha value is -4.21. The van der Waals surface area contributed by atoms with Crippen molar-refractivity contribution in [3.05, 3.63) is 72.1 Å². The molecule has 2 aromatic heterocycles. The van der Waals surface area contributed by atoms with Gasteiger partial charge in [-0.05, 0) is 36.8 Å². The third-order valence-corrected chi connectivity index (χ3v) is 5.29. The van der Waals surface area contributed by atoms with Gasteiger partial charge in [0, 0.05) is 24.2 Å². The van der Waals surface area contributed by atoms with Gasteiger partial charge in [-0.2, -0.15) is 13.2 Å². The third-order valence-electron chi connectivity index (χ3n) is 5.29. The van der Waals surface area contributed by atoms with Crippen LogP contribution in [0.5, 0.6) is 17.2 Å². The lowest BCUT2D eigenvalue weighted by Gasteiger charge is -2.14. The van der Waals surface area contributed by atoms with E-state index in [0.717, 1.165) is 5.56 Å². The number of carbonyl (C=O) groups is 1. The summed E-state index contributed by atoms with van der Waals surface area (Å²) in [7, 11) is 1.31. The van der Waals surface area contributed by atoms with Crippen LogP contribution in [0.15, 0.2) is 60.9 Å². The van der Waals surface area contributed by atoms with Crippen LogP contribution in [-0.4, -0.2) is 40.3 Å². The number of phenolic OH excluding ortho intramolecular Hbond substituents is 1. The smallest absolute Gasteiger partial charge is 0.390 e. The minimum Gasteiger partial charge on any atom is -0.508 e. The molecule has 4 rings (SSSR count). The minimum atomic E-state index is -4.31. The Balaban J connectivity index is 1.77. The highest BCUT2D eigenvalue weighted by Crippen LogP contribution is 2.33. The summed E-state index contributed by atoms with van der Waals surface area (Å²) in [6.07, 6.45) is -2.08. The van der Waals surface area contributed by atoms with Crippen LogP contribution in [0.25, 0.3) is 16.9 Å². The first-order valence-corrected chi connectivity index (χ1v) is 10.6. The number of aromatic hydroxyl groups is 1. The highest BCUT2D eigenvalue weighted by Gasteiger charge is 2.26. The van der Waals surface area contributed by atoms with E-state index in [4.69, 9.17) is 9.47 Å². The number of hydrogen-bond donors (Lipinski definition) is 2. The topological polar surface area (TPSA) is 85.1 Å². The van der Waals surface area contributed by atoms with Crippen molar-refractivity contribution in [1.29, 1.82) is 0 Å². The lowest BCUT2D eigenvalue weighted by molar-refractivity contribution is -0.131. The van der Waals surface area contributed by atoms with Gasteiger partial charge < -0.3 is 19.9 Å². The summed E-state index contributed by atoms with van der Waals surface area (Å²) in [5, 5.41) is 12.5. The zero-order valence-electron chi connectivity index (χ0n) is 18.9. The van der Waals surface area contributed by atoms with Gasteiger partial charge in [-0.3, -0.25) is 4.40 Å². The van der Waals surface area contributed by atoms with Crippen molar-refractivity contribution in [3.8, 4) is 28.5 Å². The molecule has 0 aliphatic rings. The molecule has 0 aliphatic heterocycles. The first-order chi connectivity index (χ1) is 16.6. The molecule has 10 heteroatoms. The maximum Gasteiger partial charge on any atom is 0.390 e. The number of benzene rings is 2. The van der Waals surface area contributed by atoms with Crippen molar-refractivity contribution in [2.24, 2.45) is 0 Å². The molecule has 0 aliphatic carbocycles. The number of alkyl halides is 3. The number of ether oxygens (including phenoxy) is 2. The fourth-order valence-electron chi connectivity index (χ4n) is 3.65. The molecule has 0 amide bonds. The van der Waals surface area contributed by atoms with Crippen LogP contribution in [0.1, 0.15) is 22.3 Å². The quantitative estimate of drug-likeness (QED) is 0.314. The van der Waals surface area contributed by atoms with Crippen molar-refractivity contribution in [3.63, 3.8) is 0 Å². The molecule has 0 bridgehead atoms. The number of imidazole rings is 1. The number of fused-ring (bicyclic) bond motifs is 1. The van der Waals surface area contributed by atoms with Crippen molar-refractivity contribution in [2.45, 2.75) is 19.5 Å². The van der Waals surface area contributed by atoms with Gasteiger partial charge in [0.05, 0.1) is 42.9 Å². The van der Waals surface area contributed by atoms with E-state index < -0.39 is 18.6 Å². The largest absolute Gasteiger partial charge is 0.508 e. The molecule has 2 aromatic carbocycles. The Morgan fingerprint density at radius 2 is 1.94 bits per heavy atom. The number of nitrogens with one attached hydrogen (secondary N) is 1. The number of esters is 1. The monoisotopic (exact) mass is 485 g/mol. The summed E-state index contributed by atoms with van der Waals surface area (Å²) in [6.45, 7) is 1.43. The van der Waals surface area contributed by atoms with Crippen molar-refractivity contribution < 1.29 is 32.5 Å². The molecule has 182 valence electrons.